The highest BCUT2D eigenvalue weighted by Crippen LogP contribution is 2.26. The standard InChI is InChI=1S/C13H24N2O2/c1-13(6-3-7-17-13)9-15-12(16)10-4-2-5-11(14)8-10/h10-11H,2-9,14H2,1H3,(H,15,16). The molecule has 0 spiro atoms. The average molecular weight is 240 g/mol. The molecule has 1 saturated carbocycles. The van der Waals surface area contributed by atoms with Crippen LogP contribution in [0, 0.1) is 5.92 Å². The van der Waals surface area contributed by atoms with Gasteiger partial charge in [-0.2, -0.15) is 0 Å². The van der Waals surface area contributed by atoms with Gasteiger partial charge in [-0.1, -0.05) is 6.42 Å². The van der Waals surface area contributed by atoms with Crippen LogP contribution >= 0.6 is 0 Å². The smallest absolute Gasteiger partial charge is 0.223 e. The molecule has 2 aliphatic rings. The number of hydrogen-bond acceptors (Lipinski definition) is 3. The fraction of sp³-hybridized carbons (Fsp3) is 0.923. The van der Waals surface area contributed by atoms with Crippen molar-refractivity contribution < 1.29 is 9.53 Å². The molecular weight excluding hydrogens is 216 g/mol. The van der Waals surface area contributed by atoms with Gasteiger partial charge in [-0.3, -0.25) is 4.79 Å². The monoisotopic (exact) mass is 240 g/mol. The van der Waals surface area contributed by atoms with Crippen LogP contribution in [0.3, 0.4) is 0 Å². The zero-order chi connectivity index (χ0) is 12.3. The molecule has 1 heterocycles. The summed E-state index contributed by atoms with van der Waals surface area (Å²) in [5.74, 6) is 0.278. The normalized spacial score (nSPS) is 38.0. The van der Waals surface area contributed by atoms with E-state index >= 15 is 0 Å². The first-order valence-electron chi connectivity index (χ1n) is 6.76. The molecule has 1 aliphatic heterocycles. The second-order valence-electron chi connectivity index (χ2n) is 5.74. The fourth-order valence-electron chi connectivity index (χ4n) is 2.86. The molecule has 3 unspecified atom stereocenters. The lowest BCUT2D eigenvalue weighted by molar-refractivity contribution is -0.127. The highest BCUT2D eigenvalue weighted by Gasteiger charge is 2.32. The molecule has 2 rings (SSSR count). The summed E-state index contributed by atoms with van der Waals surface area (Å²) >= 11 is 0. The van der Waals surface area contributed by atoms with Crippen molar-refractivity contribution in [3.8, 4) is 0 Å². The van der Waals surface area contributed by atoms with Crippen molar-refractivity contribution in [2.45, 2.75) is 57.1 Å². The van der Waals surface area contributed by atoms with Gasteiger partial charge in [0.2, 0.25) is 5.91 Å². The van der Waals surface area contributed by atoms with Crippen molar-refractivity contribution in [2.24, 2.45) is 11.7 Å². The molecule has 0 aromatic rings. The maximum absolute atomic E-state index is 12.0. The number of nitrogens with one attached hydrogen (secondary N) is 1. The van der Waals surface area contributed by atoms with Gasteiger partial charge in [0.05, 0.1) is 5.60 Å². The Labute approximate surface area is 103 Å². The first-order valence-corrected chi connectivity index (χ1v) is 6.76. The van der Waals surface area contributed by atoms with Gasteiger partial charge in [0.25, 0.3) is 0 Å². The van der Waals surface area contributed by atoms with Crippen LogP contribution in [0.5, 0.6) is 0 Å². The number of carbonyl (C=O) groups excluding carboxylic acids is 1. The summed E-state index contributed by atoms with van der Waals surface area (Å²) in [6, 6.07) is 0.206. The van der Waals surface area contributed by atoms with Crippen LogP contribution in [0.2, 0.25) is 0 Å². The van der Waals surface area contributed by atoms with E-state index in [-0.39, 0.29) is 23.5 Å². The van der Waals surface area contributed by atoms with E-state index in [1.54, 1.807) is 0 Å². The van der Waals surface area contributed by atoms with Gasteiger partial charge in [0, 0.05) is 25.1 Å². The largest absolute Gasteiger partial charge is 0.373 e. The second kappa shape index (κ2) is 5.36. The number of rotatable bonds is 3. The lowest BCUT2D eigenvalue weighted by atomic mass is 9.85. The Kier molecular flexibility index (Phi) is 4.05. The molecule has 0 bridgehead atoms. The summed E-state index contributed by atoms with van der Waals surface area (Å²) in [5, 5.41) is 3.04. The molecule has 17 heavy (non-hydrogen) atoms. The predicted molar refractivity (Wildman–Crippen MR) is 66.5 cm³/mol. The van der Waals surface area contributed by atoms with Gasteiger partial charge in [-0.25, -0.2) is 0 Å². The van der Waals surface area contributed by atoms with E-state index in [4.69, 9.17) is 10.5 Å². The summed E-state index contributed by atoms with van der Waals surface area (Å²) in [5.41, 5.74) is 5.76. The topological polar surface area (TPSA) is 64.4 Å². The van der Waals surface area contributed by atoms with Gasteiger partial charge in [-0.05, 0) is 39.0 Å². The summed E-state index contributed by atoms with van der Waals surface area (Å²) < 4.78 is 5.66. The summed E-state index contributed by atoms with van der Waals surface area (Å²) in [4.78, 5) is 12.0. The van der Waals surface area contributed by atoms with Crippen molar-refractivity contribution in [1.29, 1.82) is 0 Å². The van der Waals surface area contributed by atoms with Crippen LogP contribution in [0.4, 0.5) is 0 Å². The van der Waals surface area contributed by atoms with Crippen molar-refractivity contribution in [3.05, 3.63) is 0 Å². The van der Waals surface area contributed by atoms with Crippen LogP contribution in [0.25, 0.3) is 0 Å². The van der Waals surface area contributed by atoms with Crippen molar-refractivity contribution in [3.63, 3.8) is 0 Å². The molecule has 3 N–H and O–H groups in total. The number of ether oxygens (including phenoxy) is 1. The average Bonchev–Trinajstić information content (AvgIpc) is 2.74. The number of nitrogens with two attached hydrogens (primary N) is 1. The third-order valence-corrected chi connectivity index (χ3v) is 4.02. The fourth-order valence-corrected chi connectivity index (χ4v) is 2.86. The Balaban J connectivity index is 1.76. The van der Waals surface area contributed by atoms with E-state index in [0.29, 0.717) is 6.54 Å². The summed E-state index contributed by atoms with van der Waals surface area (Å²) in [7, 11) is 0. The molecule has 1 amide bonds. The second-order valence-corrected chi connectivity index (χ2v) is 5.74. The van der Waals surface area contributed by atoms with Crippen LogP contribution in [0.15, 0.2) is 0 Å². The Bertz CT molecular complexity index is 275. The molecule has 2 fully saturated rings. The minimum absolute atomic E-state index is 0.115. The van der Waals surface area contributed by atoms with E-state index in [9.17, 15) is 4.79 Å². The molecule has 0 radical (unpaired) electrons. The zero-order valence-electron chi connectivity index (χ0n) is 10.7. The molecule has 0 aromatic heterocycles. The Hall–Kier alpha value is -0.610. The van der Waals surface area contributed by atoms with E-state index < -0.39 is 0 Å². The molecular formula is C13H24N2O2. The highest BCUT2D eigenvalue weighted by atomic mass is 16.5. The first kappa shape index (κ1) is 12.8. The van der Waals surface area contributed by atoms with Crippen molar-refractivity contribution in [1.82, 2.24) is 5.32 Å². The lowest BCUT2D eigenvalue weighted by Gasteiger charge is -2.28. The first-order chi connectivity index (χ1) is 8.09. The molecule has 4 nitrogen and oxygen atoms in total. The number of amides is 1. The van der Waals surface area contributed by atoms with E-state index in [1.165, 1.54) is 0 Å². The number of hydrogen-bond donors (Lipinski definition) is 2. The molecule has 4 heteroatoms. The van der Waals surface area contributed by atoms with Gasteiger partial charge < -0.3 is 15.8 Å². The third kappa shape index (κ3) is 3.42. The zero-order valence-corrected chi connectivity index (χ0v) is 10.7. The van der Waals surface area contributed by atoms with Gasteiger partial charge >= 0.3 is 0 Å². The minimum Gasteiger partial charge on any atom is -0.373 e. The van der Waals surface area contributed by atoms with Crippen molar-refractivity contribution >= 4 is 5.91 Å². The van der Waals surface area contributed by atoms with Crippen LogP contribution in [-0.2, 0) is 9.53 Å². The van der Waals surface area contributed by atoms with E-state index in [2.05, 4.69) is 12.2 Å². The van der Waals surface area contributed by atoms with Crippen LogP contribution in [0.1, 0.15) is 45.4 Å². The quantitative estimate of drug-likeness (QED) is 0.779. The van der Waals surface area contributed by atoms with Gasteiger partial charge in [0.15, 0.2) is 0 Å². The molecule has 1 aliphatic carbocycles. The summed E-state index contributed by atoms with van der Waals surface area (Å²) in [6.45, 7) is 3.53. The highest BCUT2D eigenvalue weighted by molar-refractivity contribution is 5.78. The molecule has 98 valence electrons. The maximum atomic E-state index is 12.0. The van der Waals surface area contributed by atoms with Crippen LogP contribution in [-0.4, -0.2) is 30.7 Å². The Morgan fingerprint density at radius 3 is 2.94 bits per heavy atom. The molecule has 3 atom stereocenters. The number of carbonyl (C=O) groups is 1. The Morgan fingerprint density at radius 1 is 1.47 bits per heavy atom. The van der Waals surface area contributed by atoms with E-state index in [0.717, 1.165) is 45.1 Å². The van der Waals surface area contributed by atoms with Gasteiger partial charge in [0.1, 0.15) is 0 Å². The Morgan fingerprint density at radius 2 is 2.29 bits per heavy atom. The van der Waals surface area contributed by atoms with Crippen molar-refractivity contribution in [2.75, 3.05) is 13.2 Å². The van der Waals surface area contributed by atoms with Crippen LogP contribution < -0.4 is 11.1 Å². The lowest BCUT2D eigenvalue weighted by Crippen LogP contribution is -2.44. The SMILES string of the molecule is CC1(CNC(=O)C2CCCC(N)C2)CCCO1. The maximum Gasteiger partial charge on any atom is 0.223 e. The molecule has 1 saturated heterocycles. The molecule has 0 aromatic carbocycles. The third-order valence-electron chi connectivity index (χ3n) is 4.02. The van der Waals surface area contributed by atoms with Gasteiger partial charge in [-0.15, -0.1) is 0 Å². The minimum atomic E-state index is -0.146. The summed E-state index contributed by atoms with van der Waals surface area (Å²) in [6.07, 6.45) is 6.09. The predicted octanol–water partition coefficient (Wildman–Crippen LogP) is 1.19. The van der Waals surface area contributed by atoms with E-state index in [1.807, 2.05) is 0 Å².